The molecule has 6 nitrogen and oxygen atoms in total. The fourth-order valence-corrected chi connectivity index (χ4v) is 4.79. The van der Waals surface area contributed by atoms with E-state index in [1.54, 1.807) is 25.4 Å². The third kappa shape index (κ3) is 6.04. The van der Waals surface area contributed by atoms with Crippen molar-refractivity contribution in [3.05, 3.63) is 51.7 Å². The number of benzene rings is 1. The molecule has 0 radical (unpaired) electrons. The van der Waals surface area contributed by atoms with E-state index in [9.17, 15) is 9.90 Å². The average molecular weight is 433 g/mol. The number of rotatable bonds is 10. The SMILES string of the molecule is COCCN(CC(=O)N1CCc2sccc2C1COc1cccc(C)c1)CC(C)O. The van der Waals surface area contributed by atoms with Crippen LogP contribution >= 0.6 is 11.3 Å². The first kappa shape index (κ1) is 22.7. The summed E-state index contributed by atoms with van der Waals surface area (Å²) in [6.07, 6.45) is 0.369. The predicted octanol–water partition coefficient (Wildman–Crippen LogP) is 2.89. The van der Waals surface area contributed by atoms with Crippen molar-refractivity contribution in [2.75, 3.05) is 46.5 Å². The number of hydrogen-bond donors (Lipinski definition) is 1. The summed E-state index contributed by atoms with van der Waals surface area (Å²) in [5.41, 5.74) is 2.33. The number of carbonyl (C=O) groups is 1. The van der Waals surface area contributed by atoms with Gasteiger partial charge in [-0.2, -0.15) is 0 Å². The quantitative estimate of drug-likeness (QED) is 0.626. The molecule has 2 aromatic rings. The van der Waals surface area contributed by atoms with Gasteiger partial charge in [0.25, 0.3) is 0 Å². The molecule has 3 rings (SSSR count). The van der Waals surface area contributed by atoms with Crippen molar-refractivity contribution >= 4 is 17.2 Å². The minimum absolute atomic E-state index is 0.0569. The first-order valence-corrected chi connectivity index (χ1v) is 11.3. The molecular weight excluding hydrogens is 400 g/mol. The van der Waals surface area contributed by atoms with E-state index in [0.717, 1.165) is 17.7 Å². The van der Waals surface area contributed by atoms with E-state index in [0.29, 0.717) is 32.8 Å². The molecule has 0 bridgehead atoms. The van der Waals surface area contributed by atoms with E-state index >= 15 is 0 Å². The zero-order valence-electron chi connectivity index (χ0n) is 18.0. The Kier molecular flexibility index (Phi) is 8.27. The summed E-state index contributed by atoms with van der Waals surface area (Å²) in [5, 5.41) is 11.9. The van der Waals surface area contributed by atoms with Gasteiger partial charge in [0.1, 0.15) is 12.4 Å². The molecule has 2 heterocycles. The summed E-state index contributed by atoms with van der Waals surface area (Å²) in [6, 6.07) is 9.99. The monoisotopic (exact) mass is 432 g/mol. The molecule has 164 valence electrons. The largest absolute Gasteiger partial charge is 0.491 e. The fourth-order valence-electron chi connectivity index (χ4n) is 3.87. The van der Waals surface area contributed by atoms with Gasteiger partial charge in [0.05, 0.1) is 25.3 Å². The number of aryl methyl sites for hydroxylation is 1. The zero-order valence-corrected chi connectivity index (χ0v) is 18.9. The molecule has 1 aliphatic rings. The number of nitrogens with zero attached hydrogens (tertiary/aromatic N) is 2. The summed E-state index contributed by atoms with van der Waals surface area (Å²) < 4.78 is 11.3. The summed E-state index contributed by atoms with van der Waals surface area (Å²) in [4.78, 5) is 18.5. The molecule has 1 aromatic heterocycles. The Morgan fingerprint density at radius 3 is 2.97 bits per heavy atom. The Hall–Kier alpha value is -1.93. The van der Waals surface area contributed by atoms with Crippen LogP contribution in [0.2, 0.25) is 0 Å². The van der Waals surface area contributed by atoms with Gasteiger partial charge in [0.15, 0.2) is 0 Å². The molecule has 7 heteroatoms. The Balaban J connectivity index is 1.72. The third-order valence-corrected chi connectivity index (χ3v) is 6.30. The highest BCUT2D eigenvalue weighted by Gasteiger charge is 2.33. The molecular formula is C23H32N2O4S. The van der Waals surface area contributed by atoms with Crippen molar-refractivity contribution < 1.29 is 19.4 Å². The van der Waals surface area contributed by atoms with Crippen molar-refractivity contribution in [1.82, 2.24) is 9.80 Å². The highest BCUT2D eigenvalue weighted by molar-refractivity contribution is 7.10. The van der Waals surface area contributed by atoms with Crippen molar-refractivity contribution in [1.29, 1.82) is 0 Å². The normalized spacial score (nSPS) is 17.1. The third-order valence-electron chi connectivity index (χ3n) is 5.31. The van der Waals surface area contributed by atoms with E-state index in [4.69, 9.17) is 9.47 Å². The van der Waals surface area contributed by atoms with Gasteiger partial charge < -0.3 is 19.5 Å². The van der Waals surface area contributed by atoms with Crippen LogP contribution in [0, 0.1) is 6.92 Å². The number of carbonyl (C=O) groups excluding carboxylic acids is 1. The number of aliphatic hydroxyl groups is 1. The molecule has 1 aliphatic heterocycles. The van der Waals surface area contributed by atoms with Crippen LogP contribution in [0.25, 0.3) is 0 Å². The molecule has 0 saturated heterocycles. The number of thiophene rings is 1. The van der Waals surface area contributed by atoms with Gasteiger partial charge in [0, 0.05) is 31.6 Å². The number of ether oxygens (including phenoxy) is 2. The van der Waals surface area contributed by atoms with E-state index in [1.165, 1.54) is 10.4 Å². The van der Waals surface area contributed by atoms with Crippen molar-refractivity contribution in [2.45, 2.75) is 32.4 Å². The van der Waals surface area contributed by atoms with Crippen LogP contribution in [0.15, 0.2) is 35.7 Å². The van der Waals surface area contributed by atoms with Crippen LogP contribution in [0.5, 0.6) is 5.75 Å². The molecule has 0 saturated carbocycles. The van der Waals surface area contributed by atoms with E-state index in [-0.39, 0.29) is 18.5 Å². The van der Waals surface area contributed by atoms with Gasteiger partial charge >= 0.3 is 0 Å². The highest BCUT2D eigenvalue weighted by Crippen LogP contribution is 2.34. The van der Waals surface area contributed by atoms with Crippen LogP contribution in [-0.4, -0.2) is 73.4 Å². The number of methoxy groups -OCH3 is 1. The summed E-state index contributed by atoms with van der Waals surface area (Å²) >= 11 is 1.75. The molecule has 30 heavy (non-hydrogen) atoms. The average Bonchev–Trinajstić information content (AvgIpc) is 3.18. The lowest BCUT2D eigenvalue weighted by atomic mass is 10.0. The number of hydrogen-bond acceptors (Lipinski definition) is 6. The molecule has 1 N–H and O–H groups in total. The van der Waals surface area contributed by atoms with Gasteiger partial charge in [-0.15, -0.1) is 11.3 Å². The number of fused-ring (bicyclic) bond motifs is 1. The molecule has 1 amide bonds. The molecule has 0 spiro atoms. The van der Waals surface area contributed by atoms with Crippen molar-refractivity contribution in [2.24, 2.45) is 0 Å². The Morgan fingerprint density at radius 2 is 2.23 bits per heavy atom. The molecule has 0 fully saturated rings. The number of amides is 1. The van der Waals surface area contributed by atoms with Crippen LogP contribution in [0.1, 0.15) is 29.0 Å². The van der Waals surface area contributed by atoms with Gasteiger partial charge in [-0.25, -0.2) is 0 Å². The second-order valence-electron chi connectivity index (χ2n) is 7.86. The molecule has 0 aliphatic carbocycles. The van der Waals surface area contributed by atoms with E-state index in [2.05, 4.69) is 11.4 Å². The first-order valence-electron chi connectivity index (χ1n) is 10.4. The molecule has 1 aromatic carbocycles. The Morgan fingerprint density at radius 1 is 1.40 bits per heavy atom. The second-order valence-corrected chi connectivity index (χ2v) is 8.86. The lowest BCUT2D eigenvalue weighted by Gasteiger charge is -2.37. The summed E-state index contributed by atoms with van der Waals surface area (Å²) in [6.45, 7) is 6.71. The van der Waals surface area contributed by atoms with Crippen LogP contribution in [0.4, 0.5) is 0 Å². The standard InChI is InChI=1S/C23H32N2O4S/c1-17-5-4-6-19(13-17)29-16-21-20-8-12-30-22(20)7-9-25(21)23(27)15-24(10-11-28-3)14-18(2)26/h4-6,8,12-13,18,21,26H,7,9-11,14-16H2,1-3H3. The lowest BCUT2D eigenvalue weighted by Crippen LogP contribution is -2.48. The molecule has 2 atom stereocenters. The Labute approximate surface area is 183 Å². The Bertz CT molecular complexity index is 823. The lowest BCUT2D eigenvalue weighted by molar-refractivity contribution is -0.136. The maximum absolute atomic E-state index is 13.3. The van der Waals surface area contributed by atoms with Crippen LogP contribution in [0.3, 0.4) is 0 Å². The van der Waals surface area contributed by atoms with Crippen LogP contribution < -0.4 is 4.74 Å². The maximum Gasteiger partial charge on any atom is 0.237 e. The maximum atomic E-state index is 13.3. The highest BCUT2D eigenvalue weighted by atomic mass is 32.1. The summed E-state index contributed by atoms with van der Waals surface area (Å²) in [7, 11) is 1.64. The van der Waals surface area contributed by atoms with Gasteiger partial charge in [-0.3, -0.25) is 9.69 Å². The minimum atomic E-state index is -0.500. The van der Waals surface area contributed by atoms with E-state index in [1.807, 2.05) is 41.0 Å². The second kappa shape index (κ2) is 10.9. The minimum Gasteiger partial charge on any atom is -0.491 e. The fraction of sp³-hybridized carbons (Fsp3) is 0.522. The predicted molar refractivity (Wildman–Crippen MR) is 119 cm³/mol. The van der Waals surface area contributed by atoms with Gasteiger partial charge in [-0.1, -0.05) is 12.1 Å². The molecule has 2 unspecified atom stereocenters. The zero-order chi connectivity index (χ0) is 21.5. The van der Waals surface area contributed by atoms with E-state index < -0.39 is 6.10 Å². The van der Waals surface area contributed by atoms with Crippen LogP contribution in [-0.2, 0) is 16.0 Å². The van der Waals surface area contributed by atoms with Crippen molar-refractivity contribution in [3.63, 3.8) is 0 Å². The first-order chi connectivity index (χ1) is 14.5. The van der Waals surface area contributed by atoms with Crippen molar-refractivity contribution in [3.8, 4) is 5.75 Å². The smallest absolute Gasteiger partial charge is 0.237 e. The topological polar surface area (TPSA) is 62.2 Å². The summed E-state index contributed by atoms with van der Waals surface area (Å²) in [5.74, 6) is 0.877. The van der Waals surface area contributed by atoms with Gasteiger partial charge in [0.2, 0.25) is 5.91 Å². The number of aliphatic hydroxyl groups excluding tert-OH is 1. The van der Waals surface area contributed by atoms with Gasteiger partial charge in [-0.05, 0) is 55.0 Å².